The number of aliphatic hydroxyl groups excluding tert-OH is 1. The van der Waals surface area contributed by atoms with E-state index in [0.29, 0.717) is 18.9 Å². The maximum absolute atomic E-state index is 9.28. The average molecular weight is 265 g/mol. The van der Waals surface area contributed by atoms with Crippen molar-refractivity contribution in [2.24, 2.45) is 5.92 Å². The van der Waals surface area contributed by atoms with Gasteiger partial charge in [-0.3, -0.25) is 0 Å². The zero-order chi connectivity index (χ0) is 14.3. The molecule has 0 aliphatic rings. The van der Waals surface area contributed by atoms with E-state index in [1.165, 1.54) is 5.56 Å². The molecule has 19 heavy (non-hydrogen) atoms. The van der Waals surface area contributed by atoms with Crippen LogP contribution in [0.5, 0.6) is 5.75 Å². The number of nitrogens with one attached hydrogen (secondary N) is 1. The number of hydrogen-bond donors (Lipinski definition) is 2. The topological polar surface area (TPSA) is 41.5 Å². The lowest BCUT2D eigenvalue weighted by atomic mass is 10.1. The van der Waals surface area contributed by atoms with Crippen molar-refractivity contribution in [3.63, 3.8) is 0 Å². The molecule has 0 fully saturated rings. The molecule has 0 amide bonds. The zero-order valence-electron chi connectivity index (χ0n) is 12.6. The monoisotopic (exact) mass is 265 g/mol. The Morgan fingerprint density at radius 1 is 1.26 bits per heavy atom. The van der Waals surface area contributed by atoms with Crippen LogP contribution in [0.4, 0.5) is 0 Å². The lowest BCUT2D eigenvalue weighted by molar-refractivity contribution is 0.155. The Hall–Kier alpha value is -1.06. The quantitative estimate of drug-likeness (QED) is 0.759. The summed E-state index contributed by atoms with van der Waals surface area (Å²) in [6.07, 6.45) is 0.347. The second-order valence-electron chi connectivity index (χ2n) is 5.57. The first-order chi connectivity index (χ1) is 9.00. The summed E-state index contributed by atoms with van der Waals surface area (Å²) in [5.74, 6) is 1.60. The summed E-state index contributed by atoms with van der Waals surface area (Å²) in [5.41, 5.74) is 2.33. The highest BCUT2D eigenvalue weighted by Gasteiger charge is 2.07. The summed E-state index contributed by atoms with van der Waals surface area (Å²) < 4.78 is 5.84. The van der Waals surface area contributed by atoms with Crippen molar-refractivity contribution in [1.82, 2.24) is 5.32 Å². The number of rotatable bonds is 8. The van der Waals surface area contributed by atoms with Crippen LogP contribution in [-0.2, 0) is 6.54 Å². The average Bonchev–Trinajstić information content (AvgIpc) is 2.31. The van der Waals surface area contributed by atoms with Gasteiger partial charge in [0.1, 0.15) is 5.75 Å². The van der Waals surface area contributed by atoms with E-state index in [1.54, 1.807) is 6.92 Å². The van der Waals surface area contributed by atoms with Crippen LogP contribution in [0.15, 0.2) is 18.2 Å². The second-order valence-corrected chi connectivity index (χ2v) is 5.57. The zero-order valence-corrected chi connectivity index (χ0v) is 12.6. The summed E-state index contributed by atoms with van der Waals surface area (Å²) >= 11 is 0. The first-order valence-corrected chi connectivity index (χ1v) is 7.10. The summed E-state index contributed by atoms with van der Waals surface area (Å²) in [6, 6.07) is 6.21. The maximum Gasteiger partial charge on any atom is 0.126 e. The third kappa shape index (κ3) is 6.08. The fraction of sp³-hybridized carbons (Fsp3) is 0.625. The third-order valence-electron chi connectivity index (χ3n) is 2.94. The fourth-order valence-electron chi connectivity index (χ4n) is 1.89. The summed E-state index contributed by atoms with van der Waals surface area (Å²) in [7, 11) is 0. The number of ether oxygens (including phenoxy) is 1. The first-order valence-electron chi connectivity index (χ1n) is 7.10. The molecule has 1 aromatic carbocycles. The standard InChI is InChI=1S/C16H27NO2/c1-12(2)10-17-11-15-7-5-6-13(3)16(15)19-9-8-14(4)18/h5-7,12,14,17-18H,8-11H2,1-4H3. The summed E-state index contributed by atoms with van der Waals surface area (Å²) in [5, 5.41) is 12.7. The molecule has 1 unspecified atom stereocenters. The Labute approximate surface area is 117 Å². The number of aliphatic hydroxyl groups is 1. The van der Waals surface area contributed by atoms with Crippen molar-refractivity contribution in [3.05, 3.63) is 29.3 Å². The smallest absolute Gasteiger partial charge is 0.126 e. The molecule has 1 aromatic rings. The van der Waals surface area contributed by atoms with Crippen LogP contribution >= 0.6 is 0 Å². The van der Waals surface area contributed by atoms with Gasteiger partial charge in [-0.15, -0.1) is 0 Å². The first kappa shape index (κ1) is 16.0. The highest BCUT2D eigenvalue weighted by atomic mass is 16.5. The normalized spacial score (nSPS) is 12.7. The number of para-hydroxylation sites is 1. The number of benzene rings is 1. The van der Waals surface area contributed by atoms with E-state index in [4.69, 9.17) is 4.74 Å². The van der Waals surface area contributed by atoms with Crippen LogP contribution in [0.2, 0.25) is 0 Å². The van der Waals surface area contributed by atoms with Crippen LogP contribution in [0.3, 0.4) is 0 Å². The van der Waals surface area contributed by atoms with Gasteiger partial charge < -0.3 is 15.2 Å². The van der Waals surface area contributed by atoms with E-state index in [0.717, 1.165) is 24.4 Å². The Balaban J connectivity index is 2.61. The lowest BCUT2D eigenvalue weighted by Gasteiger charge is -2.16. The molecule has 0 aromatic heterocycles. The Morgan fingerprint density at radius 2 is 2.00 bits per heavy atom. The van der Waals surface area contributed by atoms with Crippen molar-refractivity contribution < 1.29 is 9.84 Å². The molecule has 0 aliphatic carbocycles. The van der Waals surface area contributed by atoms with E-state index in [2.05, 4.69) is 44.3 Å². The molecule has 0 radical (unpaired) electrons. The van der Waals surface area contributed by atoms with E-state index in [-0.39, 0.29) is 6.10 Å². The molecule has 108 valence electrons. The molecule has 3 heteroatoms. The van der Waals surface area contributed by atoms with Crippen molar-refractivity contribution in [2.75, 3.05) is 13.2 Å². The minimum Gasteiger partial charge on any atom is -0.493 e. The van der Waals surface area contributed by atoms with Gasteiger partial charge in [-0.1, -0.05) is 32.0 Å². The number of hydrogen-bond acceptors (Lipinski definition) is 3. The van der Waals surface area contributed by atoms with E-state index in [9.17, 15) is 5.11 Å². The maximum atomic E-state index is 9.28. The van der Waals surface area contributed by atoms with Gasteiger partial charge in [0.15, 0.2) is 0 Å². The molecule has 0 aliphatic heterocycles. The second kappa shape index (κ2) is 8.18. The summed E-state index contributed by atoms with van der Waals surface area (Å²) in [6.45, 7) is 10.6. The van der Waals surface area contributed by atoms with Crippen molar-refractivity contribution in [2.45, 2.75) is 46.8 Å². The molecule has 2 N–H and O–H groups in total. The predicted octanol–water partition coefficient (Wildman–Crippen LogP) is 2.89. The van der Waals surface area contributed by atoms with Crippen molar-refractivity contribution >= 4 is 0 Å². The molecular formula is C16H27NO2. The van der Waals surface area contributed by atoms with E-state index in [1.807, 2.05) is 0 Å². The molecule has 3 nitrogen and oxygen atoms in total. The Bertz CT molecular complexity index is 375. The van der Waals surface area contributed by atoms with Gasteiger partial charge in [0.25, 0.3) is 0 Å². The third-order valence-corrected chi connectivity index (χ3v) is 2.94. The molecule has 0 saturated heterocycles. The molecule has 0 bridgehead atoms. The minimum absolute atomic E-state index is 0.313. The van der Waals surface area contributed by atoms with Crippen LogP contribution in [0.25, 0.3) is 0 Å². The van der Waals surface area contributed by atoms with E-state index < -0.39 is 0 Å². The highest BCUT2D eigenvalue weighted by molar-refractivity contribution is 5.40. The molecule has 0 saturated carbocycles. The van der Waals surface area contributed by atoms with Crippen molar-refractivity contribution in [3.8, 4) is 5.75 Å². The Kier molecular flexibility index (Phi) is 6.89. The molecule has 0 spiro atoms. The molecule has 0 heterocycles. The van der Waals surface area contributed by atoms with Crippen LogP contribution in [-0.4, -0.2) is 24.4 Å². The van der Waals surface area contributed by atoms with Gasteiger partial charge in [-0.05, 0) is 31.9 Å². The molecule has 1 atom stereocenters. The van der Waals surface area contributed by atoms with Crippen LogP contribution < -0.4 is 10.1 Å². The molecule has 1 rings (SSSR count). The van der Waals surface area contributed by atoms with Crippen LogP contribution in [0.1, 0.15) is 38.3 Å². The number of aryl methyl sites for hydroxylation is 1. The fourth-order valence-corrected chi connectivity index (χ4v) is 1.89. The lowest BCUT2D eigenvalue weighted by Crippen LogP contribution is -2.20. The van der Waals surface area contributed by atoms with Gasteiger partial charge in [0.05, 0.1) is 12.7 Å². The predicted molar refractivity (Wildman–Crippen MR) is 79.5 cm³/mol. The van der Waals surface area contributed by atoms with Gasteiger partial charge in [-0.25, -0.2) is 0 Å². The van der Waals surface area contributed by atoms with Gasteiger partial charge >= 0.3 is 0 Å². The Morgan fingerprint density at radius 3 is 2.63 bits per heavy atom. The van der Waals surface area contributed by atoms with Gasteiger partial charge in [0, 0.05) is 18.5 Å². The minimum atomic E-state index is -0.313. The summed E-state index contributed by atoms with van der Waals surface area (Å²) in [4.78, 5) is 0. The SMILES string of the molecule is Cc1cccc(CNCC(C)C)c1OCCC(C)O. The van der Waals surface area contributed by atoms with E-state index >= 15 is 0 Å². The van der Waals surface area contributed by atoms with Crippen LogP contribution in [0, 0.1) is 12.8 Å². The van der Waals surface area contributed by atoms with Gasteiger partial charge in [0.2, 0.25) is 0 Å². The molecular weight excluding hydrogens is 238 g/mol. The largest absolute Gasteiger partial charge is 0.493 e. The van der Waals surface area contributed by atoms with Crippen molar-refractivity contribution in [1.29, 1.82) is 0 Å². The highest BCUT2D eigenvalue weighted by Crippen LogP contribution is 2.23. The van der Waals surface area contributed by atoms with Gasteiger partial charge in [-0.2, -0.15) is 0 Å².